The molecule has 6 heteroatoms. The Bertz CT molecular complexity index is 295. The molecule has 0 fully saturated rings. The predicted octanol–water partition coefficient (Wildman–Crippen LogP) is 0.622. The zero-order valence-electron chi connectivity index (χ0n) is 7.69. The van der Waals surface area contributed by atoms with E-state index in [0.717, 1.165) is 5.16 Å². The maximum atomic E-state index is 7.13. The van der Waals surface area contributed by atoms with E-state index in [2.05, 4.69) is 10.2 Å². The highest BCUT2D eigenvalue weighted by Crippen LogP contribution is 2.21. The van der Waals surface area contributed by atoms with Gasteiger partial charge >= 0.3 is 0 Å². The second kappa shape index (κ2) is 4.27. The first kappa shape index (κ1) is 10.0. The van der Waals surface area contributed by atoms with Gasteiger partial charge in [0, 0.05) is 18.7 Å². The van der Waals surface area contributed by atoms with Gasteiger partial charge in [-0.2, -0.15) is 0 Å². The number of nitrogens with one attached hydrogen (secondary N) is 1. The van der Waals surface area contributed by atoms with E-state index >= 15 is 0 Å². The Morgan fingerprint density at radius 3 is 3.00 bits per heavy atom. The number of nitrogens with zero attached hydrogens (tertiary/aromatic N) is 3. The van der Waals surface area contributed by atoms with E-state index in [1.807, 2.05) is 18.5 Å². The molecule has 0 radical (unpaired) electrons. The van der Waals surface area contributed by atoms with Crippen LogP contribution in [0.2, 0.25) is 0 Å². The molecule has 0 aliphatic carbocycles. The molecule has 0 bridgehead atoms. The van der Waals surface area contributed by atoms with Crippen molar-refractivity contribution in [2.45, 2.75) is 23.8 Å². The molecule has 3 N–H and O–H groups in total. The standard InChI is InChI=1S/C7H13N5S/c1-5(3-6(8)9)13-7-11-10-4-12(7)2/h4-5H,3H2,1-2H3,(H3,8,9). The van der Waals surface area contributed by atoms with Crippen molar-refractivity contribution in [1.82, 2.24) is 14.8 Å². The lowest BCUT2D eigenvalue weighted by Gasteiger charge is -2.08. The van der Waals surface area contributed by atoms with Crippen molar-refractivity contribution in [1.29, 1.82) is 5.41 Å². The fourth-order valence-corrected chi connectivity index (χ4v) is 1.84. The second-order valence-corrected chi connectivity index (χ2v) is 4.29. The lowest BCUT2D eigenvalue weighted by molar-refractivity contribution is 0.783. The molecule has 0 aromatic carbocycles. The van der Waals surface area contributed by atoms with E-state index in [9.17, 15) is 0 Å². The van der Waals surface area contributed by atoms with Gasteiger partial charge in [-0.15, -0.1) is 10.2 Å². The van der Waals surface area contributed by atoms with Crippen LogP contribution in [-0.4, -0.2) is 25.9 Å². The molecule has 0 aliphatic heterocycles. The number of aryl methyl sites for hydroxylation is 1. The lowest BCUT2D eigenvalue weighted by Crippen LogP contribution is -2.15. The molecule has 1 atom stereocenters. The zero-order valence-corrected chi connectivity index (χ0v) is 8.51. The summed E-state index contributed by atoms with van der Waals surface area (Å²) in [6.45, 7) is 2.01. The van der Waals surface area contributed by atoms with Crippen molar-refractivity contribution in [2.75, 3.05) is 0 Å². The highest BCUT2D eigenvalue weighted by molar-refractivity contribution is 7.99. The Morgan fingerprint density at radius 1 is 1.85 bits per heavy atom. The predicted molar refractivity (Wildman–Crippen MR) is 52.9 cm³/mol. The average molecular weight is 199 g/mol. The number of aromatic nitrogens is 3. The monoisotopic (exact) mass is 199 g/mol. The van der Waals surface area contributed by atoms with Crippen LogP contribution in [0.5, 0.6) is 0 Å². The van der Waals surface area contributed by atoms with Crippen LogP contribution in [0.25, 0.3) is 0 Å². The van der Waals surface area contributed by atoms with Gasteiger partial charge in [0.05, 0.1) is 5.84 Å². The summed E-state index contributed by atoms with van der Waals surface area (Å²) in [7, 11) is 1.89. The minimum atomic E-state index is 0.210. The second-order valence-electron chi connectivity index (χ2n) is 2.88. The molecule has 0 amide bonds. The van der Waals surface area contributed by atoms with Crippen molar-refractivity contribution >= 4 is 17.6 Å². The van der Waals surface area contributed by atoms with Gasteiger partial charge in [-0.25, -0.2) is 0 Å². The van der Waals surface area contributed by atoms with Crippen molar-refractivity contribution in [3.63, 3.8) is 0 Å². The topological polar surface area (TPSA) is 80.6 Å². The Labute approximate surface area is 81.2 Å². The molecule has 1 aromatic heterocycles. The van der Waals surface area contributed by atoms with Gasteiger partial charge in [0.15, 0.2) is 5.16 Å². The van der Waals surface area contributed by atoms with Crippen LogP contribution in [0.4, 0.5) is 0 Å². The number of amidine groups is 1. The van der Waals surface area contributed by atoms with Gasteiger partial charge in [-0.3, -0.25) is 5.41 Å². The van der Waals surface area contributed by atoms with Crippen molar-refractivity contribution in [3.05, 3.63) is 6.33 Å². The van der Waals surface area contributed by atoms with E-state index < -0.39 is 0 Å². The van der Waals surface area contributed by atoms with E-state index in [4.69, 9.17) is 11.1 Å². The fourth-order valence-electron chi connectivity index (χ4n) is 0.911. The highest BCUT2D eigenvalue weighted by atomic mass is 32.2. The molecular weight excluding hydrogens is 186 g/mol. The zero-order chi connectivity index (χ0) is 9.84. The summed E-state index contributed by atoms with van der Waals surface area (Å²) in [5.74, 6) is 0.210. The smallest absolute Gasteiger partial charge is 0.191 e. The summed E-state index contributed by atoms with van der Waals surface area (Å²) in [5, 5.41) is 15.9. The van der Waals surface area contributed by atoms with Gasteiger partial charge in [0.1, 0.15) is 6.33 Å². The largest absolute Gasteiger partial charge is 0.388 e. The van der Waals surface area contributed by atoms with Crippen LogP contribution in [0, 0.1) is 5.41 Å². The summed E-state index contributed by atoms with van der Waals surface area (Å²) in [6, 6.07) is 0. The number of hydrogen-bond donors (Lipinski definition) is 2. The minimum Gasteiger partial charge on any atom is -0.388 e. The van der Waals surface area contributed by atoms with E-state index in [-0.39, 0.29) is 11.1 Å². The first-order valence-electron chi connectivity index (χ1n) is 3.93. The summed E-state index contributed by atoms with van der Waals surface area (Å²) < 4.78 is 1.85. The summed E-state index contributed by atoms with van der Waals surface area (Å²) >= 11 is 1.57. The molecule has 1 aromatic rings. The van der Waals surface area contributed by atoms with Gasteiger partial charge < -0.3 is 10.3 Å². The Kier molecular flexibility index (Phi) is 3.30. The molecule has 1 unspecified atom stereocenters. The van der Waals surface area contributed by atoms with Crippen LogP contribution in [0.15, 0.2) is 11.5 Å². The van der Waals surface area contributed by atoms with Gasteiger partial charge in [0.2, 0.25) is 0 Å². The fraction of sp³-hybridized carbons (Fsp3) is 0.571. The van der Waals surface area contributed by atoms with Crippen LogP contribution in [-0.2, 0) is 7.05 Å². The molecule has 0 spiro atoms. The Balaban J connectivity index is 2.49. The number of rotatable bonds is 4. The van der Waals surface area contributed by atoms with Gasteiger partial charge in [-0.1, -0.05) is 18.7 Å². The molecule has 13 heavy (non-hydrogen) atoms. The number of thioether (sulfide) groups is 1. The van der Waals surface area contributed by atoms with Gasteiger partial charge in [0.25, 0.3) is 0 Å². The summed E-state index contributed by atoms with van der Waals surface area (Å²) in [4.78, 5) is 0. The number of nitrogens with two attached hydrogens (primary N) is 1. The van der Waals surface area contributed by atoms with Crippen LogP contribution in [0.1, 0.15) is 13.3 Å². The SMILES string of the molecule is CC(CC(=N)N)Sc1nncn1C. The molecular formula is C7H13N5S. The highest BCUT2D eigenvalue weighted by Gasteiger charge is 2.09. The first-order valence-corrected chi connectivity index (χ1v) is 4.81. The first-order chi connectivity index (χ1) is 6.09. The molecule has 0 aliphatic rings. The molecule has 72 valence electrons. The minimum absolute atomic E-state index is 0.210. The van der Waals surface area contributed by atoms with Crippen LogP contribution in [0.3, 0.4) is 0 Å². The third-order valence-corrected chi connectivity index (χ3v) is 2.63. The molecule has 5 nitrogen and oxygen atoms in total. The van der Waals surface area contributed by atoms with Crippen molar-refractivity contribution < 1.29 is 0 Å². The van der Waals surface area contributed by atoms with Crippen molar-refractivity contribution in [3.8, 4) is 0 Å². The maximum absolute atomic E-state index is 7.13. The maximum Gasteiger partial charge on any atom is 0.191 e. The molecule has 1 heterocycles. The van der Waals surface area contributed by atoms with E-state index in [1.165, 1.54) is 0 Å². The Morgan fingerprint density at radius 2 is 2.54 bits per heavy atom. The normalized spacial score (nSPS) is 12.8. The van der Waals surface area contributed by atoms with E-state index in [0.29, 0.717) is 6.42 Å². The quantitative estimate of drug-likeness (QED) is 0.423. The van der Waals surface area contributed by atoms with Crippen molar-refractivity contribution in [2.24, 2.45) is 12.8 Å². The summed E-state index contributed by atoms with van der Waals surface area (Å²) in [5.41, 5.74) is 5.29. The molecule has 1 rings (SSSR count). The third-order valence-electron chi connectivity index (χ3n) is 1.48. The van der Waals surface area contributed by atoms with Gasteiger partial charge in [-0.05, 0) is 0 Å². The average Bonchev–Trinajstić information content (AvgIpc) is 2.34. The lowest BCUT2D eigenvalue weighted by atomic mass is 10.3. The molecule has 0 saturated heterocycles. The van der Waals surface area contributed by atoms with E-state index in [1.54, 1.807) is 18.1 Å². The number of hydrogen-bond acceptors (Lipinski definition) is 4. The third kappa shape index (κ3) is 3.06. The summed E-state index contributed by atoms with van der Waals surface area (Å²) in [6.07, 6.45) is 2.24. The van der Waals surface area contributed by atoms with Crippen LogP contribution < -0.4 is 5.73 Å². The Hall–Kier alpha value is -1.04. The molecule has 0 saturated carbocycles. The van der Waals surface area contributed by atoms with Crippen LogP contribution >= 0.6 is 11.8 Å².